The minimum Gasteiger partial charge on any atom is -0.480 e. The predicted octanol–water partition coefficient (Wildman–Crippen LogP) is -1.36. The molecule has 0 aromatic rings. The molecule has 0 aromatic carbocycles. The Labute approximate surface area is 135 Å². The quantitative estimate of drug-likeness (QED) is 0.302. The molecule has 23 heavy (non-hydrogen) atoms. The molecule has 0 fully saturated rings. The minimum atomic E-state index is -1.18. The van der Waals surface area contributed by atoms with Gasteiger partial charge in [-0.2, -0.15) is 0 Å². The van der Waals surface area contributed by atoms with Crippen molar-refractivity contribution in [1.29, 1.82) is 0 Å². The van der Waals surface area contributed by atoms with Crippen LogP contribution in [-0.2, 0) is 14.4 Å². The number of rotatable bonds is 6. The molecular weight excluding hydrogens is 310 g/mol. The van der Waals surface area contributed by atoms with Crippen molar-refractivity contribution in [3.05, 3.63) is 0 Å². The molecule has 0 amide bonds. The van der Waals surface area contributed by atoms with Crippen molar-refractivity contribution < 1.29 is 34.8 Å². The average Bonchev–Trinajstić information content (AvgIpc) is 2.45. The van der Waals surface area contributed by atoms with Crippen LogP contribution in [0.1, 0.15) is 34.1 Å². The number of aliphatic hydroxyl groups is 1. The van der Waals surface area contributed by atoms with Crippen molar-refractivity contribution in [2.24, 2.45) is 23.1 Å². The van der Waals surface area contributed by atoms with Crippen LogP contribution < -0.4 is 17.2 Å². The molecule has 10 nitrogen and oxygen atoms in total. The molecule has 138 valence electrons. The molecule has 10 heteroatoms. The smallest absolute Gasteiger partial charge is 0.323 e. The molecule has 0 aliphatic carbocycles. The van der Waals surface area contributed by atoms with E-state index in [1.165, 1.54) is 13.8 Å². The normalized spacial score (nSPS) is 16.2. The fraction of sp³-hybridized carbons (Fsp3) is 0.769. The summed E-state index contributed by atoms with van der Waals surface area (Å²) in [5.41, 5.74) is 15.0. The van der Waals surface area contributed by atoms with Gasteiger partial charge in [0.2, 0.25) is 0 Å². The second-order valence-corrected chi connectivity index (χ2v) is 4.98. The number of nitrogens with two attached hydrogens (primary N) is 3. The van der Waals surface area contributed by atoms with Crippen molar-refractivity contribution in [2.75, 3.05) is 0 Å². The van der Waals surface area contributed by atoms with Gasteiger partial charge < -0.3 is 37.6 Å². The van der Waals surface area contributed by atoms with Crippen molar-refractivity contribution in [3.63, 3.8) is 0 Å². The minimum absolute atomic E-state index is 0.0718. The number of aliphatic hydroxyl groups excluding tert-OH is 1. The Morgan fingerprint density at radius 1 is 0.826 bits per heavy atom. The zero-order valence-electron chi connectivity index (χ0n) is 13.8. The number of hydrogen-bond acceptors (Lipinski definition) is 7. The Morgan fingerprint density at radius 2 is 1.13 bits per heavy atom. The fourth-order valence-corrected chi connectivity index (χ4v) is 0.704. The topological polar surface area (TPSA) is 210 Å². The first-order valence-electron chi connectivity index (χ1n) is 6.92. The van der Waals surface area contributed by atoms with Crippen LogP contribution in [0.4, 0.5) is 0 Å². The van der Waals surface area contributed by atoms with Crippen LogP contribution >= 0.6 is 0 Å². The second kappa shape index (κ2) is 13.9. The summed E-state index contributed by atoms with van der Waals surface area (Å²) in [5.74, 6) is -2.98. The molecule has 0 spiro atoms. The third-order valence-corrected chi connectivity index (χ3v) is 2.74. The van der Waals surface area contributed by atoms with Crippen LogP contribution in [0, 0.1) is 5.92 Å². The van der Waals surface area contributed by atoms with E-state index < -0.39 is 42.1 Å². The lowest BCUT2D eigenvalue weighted by molar-refractivity contribution is -0.141. The number of hydrogen-bond donors (Lipinski definition) is 7. The summed E-state index contributed by atoms with van der Waals surface area (Å²) < 4.78 is 0. The van der Waals surface area contributed by atoms with Gasteiger partial charge >= 0.3 is 17.9 Å². The highest BCUT2D eigenvalue weighted by Crippen LogP contribution is 2.04. The lowest BCUT2D eigenvalue weighted by Gasteiger charge is -2.11. The summed E-state index contributed by atoms with van der Waals surface area (Å²) in [6.45, 7) is 6.51. The third-order valence-electron chi connectivity index (χ3n) is 2.74. The first-order chi connectivity index (χ1) is 10.3. The molecule has 0 radical (unpaired) electrons. The Hall–Kier alpha value is -1.75. The van der Waals surface area contributed by atoms with Crippen LogP contribution in [0.15, 0.2) is 0 Å². The summed E-state index contributed by atoms with van der Waals surface area (Å²) in [6.07, 6.45) is -0.166. The summed E-state index contributed by atoms with van der Waals surface area (Å²) >= 11 is 0. The van der Waals surface area contributed by atoms with Gasteiger partial charge in [-0.3, -0.25) is 14.4 Å². The molecule has 5 unspecified atom stereocenters. The third kappa shape index (κ3) is 16.4. The van der Waals surface area contributed by atoms with Crippen molar-refractivity contribution in [1.82, 2.24) is 0 Å². The number of carboxylic acids is 3. The van der Waals surface area contributed by atoms with Crippen LogP contribution in [0.3, 0.4) is 0 Å². The van der Waals surface area contributed by atoms with Crippen LogP contribution in [0.5, 0.6) is 0 Å². The van der Waals surface area contributed by atoms with Gasteiger partial charge in [-0.05, 0) is 19.8 Å². The van der Waals surface area contributed by atoms with E-state index in [0.717, 1.165) is 6.42 Å². The first-order valence-corrected chi connectivity index (χ1v) is 6.92. The molecule has 0 saturated carbocycles. The largest absolute Gasteiger partial charge is 0.480 e. The molecule has 5 atom stereocenters. The van der Waals surface area contributed by atoms with Crippen molar-refractivity contribution in [2.45, 2.75) is 58.3 Å². The van der Waals surface area contributed by atoms with E-state index in [1.54, 1.807) is 0 Å². The highest BCUT2D eigenvalue weighted by Gasteiger charge is 2.17. The SMILES string of the molecule is CC(N)C(=O)O.CC(O)C(N)C(=O)O.CCC(C)C(N)C(=O)O. The van der Waals surface area contributed by atoms with Crippen LogP contribution in [0.2, 0.25) is 0 Å². The lowest BCUT2D eigenvalue weighted by Crippen LogP contribution is -2.39. The highest BCUT2D eigenvalue weighted by molar-refractivity contribution is 5.74. The van der Waals surface area contributed by atoms with Gasteiger partial charge in [0.25, 0.3) is 0 Å². The summed E-state index contributed by atoms with van der Waals surface area (Å²) in [6, 6.07) is -2.59. The Morgan fingerprint density at radius 3 is 1.17 bits per heavy atom. The van der Waals surface area contributed by atoms with Gasteiger partial charge in [-0.25, -0.2) is 0 Å². The molecule has 0 bridgehead atoms. The molecule has 0 saturated heterocycles. The van der Waals surface area contributed by atoms with Crippen LogP contribution in [0.25, 0.3) is 0 Å². The van der Waals surface area contributed by atoms with E-state index in [2.05, 4.69) is 0 Å². The van der Waals surface area contributed by atoms with Gasteiger partial charge in [-0.15, -0.1) is 0 Å². The van der Waals surface area contributed by atoms with Crippen molar-refractivity contribution >= 4 is 17.9 Å². The monoisotopic (exact) mass is 339 g/mol. The van der Waals surface area contributed by atoms with Gasteiger partial charge in [0, 0.05) is 0 Å². The maximum Gasteiger partial charge on any atom is 0.323 e. The Balaban J connectivity index is -0.000000266. The number of aliphatic carboxylic acids is 3. The molecule has 0 aliphatic heterocycles. The summed E-state index contributed by atoms with van der Waals surface area (Å²) in [5, 5.41) is 32.8. The lowest BCUT2D eigenvalue weighted by atomic mass is 10.0. The van der Waals surface area contributed by atoms with E-state index in [4.69, 9.17) is 37.6 Å². The van der Waals surface area contributed by atoms with Crippen molar-refractivity contribution in [3.8, 4) is 0 Å². The molecule has 0 heterocycles. The second-order valence-electron chi connectivity index (χ2n) is 4.98. The van der Waals surface area contributed by atoms with Gasteiger partial charge in [-0.1, -0.05) is 20.3 Å². The van der Waals surface area contributed by atoms with Crippen LogP contribution in [-0.4, -0.2) is 62.6 Å². The average molecular weight is 339 g/mol. The maximum absolute atomic E-state index is 10.2. The van der Waals surface area contributed by atoms with Gasteiger partial charge in [0.15, 0.2) is 0 Å². The molecule has 0 rings (SSSR count). The number of carbonyl (C=O) groups is 3. The molecule has 10 N–H and O–H groups in total. The zero-order chi connectivity index (χ0) is 19.3. The first kappa shape index (κ1) is 26.2. The standard InChI is InChI=1S/C6H13NO2.C4H9NO3.C3H7NO2/c1-3-4(2)5(7)6(8)9;1-2(6)3(5)4(7)8;1-2(4)3(5)6/h4-5H,3,7H2,1-2H3,(H,8,9);2-3,6H,5H2,1H3,(H,7,8);2H,4H2,1H3,(H,5,6). The van der Waals surface area contributed by atoms with E-state index >= 15 is 0 Å². The predicted molar refractivity (Wildman–Crippen MR) is 83.6 cm³/mol. The van der Waals surface area contributed by atoms with Gasteiger partial charge in [0.1, 0.15) is 18.1 Å². The molecule has 0 aromatic heterocycles. The molecule has 0 aliphatic rings. The zero-order valence-corrected chi connectivity index (χ0v) is 13.8. The fourth-order valence-electron chi connectivity index (χ4n) is 0.704. The number of carboxylic acid groups (broad SMARTS) is 3. The van der Waals surface area contributed by atoms with E-state index in [0.29, 0.717) is 0 Å². The Bertz CT molecular complexity index is 361. The summed E-state index contributed by atoms with van der Waals surface area (Å²) in [7, 11) is 0. The summed E-state index contributed by atoms with van der Waals surface area (Å²) in [4.78, 5) is 29.6. The van der Waals surface area contributed by atoms with E-state index in [-0.39, 0.29) is 5.92 Å². The van der Waals surface area contributed by atoms with E-state index in [1.807, 2.05) is 13.8 Å². The van der Waals surface area contributed by atoms with Gasteiger partial charge in [0.05, 0.1) is 6.10 Å². The van der Waals surface area contributed by atoms with E-state index in [9.17, 15) is 14.4 Å². The maximum atomic E-state index is 10.2. The molecular formula is C13H29N3O7. The highest BCUT2D eigenvalue weighted by atomic mass is 16.4. The Kier molecular flexibility index (Phi) is 15.8.